The van der Waals surface area contributed by atoms with E-state index in [4.69, 9.17) is 9.47 Å². The van der Waals surface area contributed by atoms with Crippen molar-refractivity contribution >= 4 is 10.0 Å². The number of nitrogens with zero attached hydrogens (tertiary/aromatic N) is 2. The number of ether oxygens (including phenoxy) is 2. The smallest absolute Gasteiger partial charge is 0.379 e. The summed E-state index contributed by atoms with van der Waals surface area (Å²) in [6.45, 7) is 5.18. The number of halogens is 3. The number of benzene rings is 1. The summed E-state index contributed by atoms with van der Waals surface area (Å²) < 4.78 is 76.5. The van der Waals surface area contributed by atoms with Gasteiger partial charge in [-0.2, -0.15) is 17.5 Å². The lowest BCUT2D eigenvalue weighted by molar-refractivity contribution is -0.137. The van der Waals surface area contributed by atoms with Gasteiger partial charge >= 0.3 is 6.18 Å². The van der Waals surface area contributed by atoms with Crippen LogP contribution in [0.5, 0.6) is 0 Å². The Hall–Kier alpha value is -1.20. The third-order valence-electron chi connectivity index (χ3n) is 6.09. The predicted molar refractivity (Wildman–Crippen MR) is 110 cm³/mol. The maximum atomic E-state index is 12.8. The van der Waals surface area contributed by atoms with Gasteiger partial charge in [-0.25, -0.2) is 8.42 Å². The fourth-order valence-electron chi connectivity index (χ4n) is 4.12. The molecule has 1 saturated heterocycles. The Morgan fingerprint density at radius 2 is 1.71 bits per heavy atom. The van der Waals surface area contributed by atoms with Crippen LogP contribution in [0.1, 0.15) is 37.7 Å². The Morgan fingerprint density at radius 1 is 1.10 bits per heavy atom. The summed E-state index contributed by atoms with van der Waals surface area (Å²) in [4.78, 5) is 2.25. The monoisotopic (exact) mass is 464 g/mol. The van der Waals surface area contributed by atoms with Crippen molar-refractivity contribution in [3.8, 4) is 0 Å². The van der Waals surface area contributed by atoms with Crippen LogP contribution in [0.4, 0.5) is 13.2 Å². The molecule has 0 aromatic heterocycles. The molecule has 0 unspecified atom stereocenters. The number of hydrogen-bond donors (Lipinski definition) is 0. The van der Waals surface area contributed by atoms with Crippen LogP contribution in [-0.4, -0.2) is 76.3 Å². The summed E-state index contributed by atoms with van der Waals surface area (Å²) >= 11 is 0. The predicted octanol–water partition coefficient (Wildman–Crippen LogP) is 3.38. The highest BCUT2D eigenvalue weighted by Crippen LogP contribution is 2.32. The third-order valence-corrected chi connectivity index (χ3v) is 8.02. The molecule has 0 atom stereocenters. The van der Waals surface area contributed by atoms with Crippen molar-refractivity contribution in [1.82, 2.24) is 9.21 Å². The minimum Gasteiger partial charge on any atom is -0.379 e. The maximum Gasteiger partial charge on any atom is 0.416 e. The number of sulfonamides is 1. The quantitative estimate of drug-likeness (QED) is 0.552. The number of alkyl halides is 3. The van der Waals surface area contributed by atoms with E-state index in [1.54, 1.807) is 0 Å². The second-order valence-electron chi connectivity index (χ2n) is 8.15. The minimum absolute atomic E-state index is 0.121. The van der Waals surface area contributed by atoms with Gasteiger partial charge in [0.2, 0.25) is 10.0 Å². The highest BCUT2D eigenvalue weighted by molar-refractivity contribution is 7.89. The van der Waals surface area contributed by atoms with Gasteiger partial charge in [-0.15, -0.1) is 0 Å². The second kappa shape index (κ2) is 10.6. The molecule has 3 rings (SSSR count). The Bertz CT molecular complexity index is 788. The van der Waals surface area contributed by atoms with Crippen LogP contribution in [-0.2, 0) is 25.7 Å². The molecule has 1 aromatic rings. The first-order valence-corrected chi connectivity index (χ1v) is 12.2. The van der Waals surface area contributed by atoms with Gasteiger partial charge in [-0.05, 0) is 56.4 Å². The summed E-state index contributed by atoms with van der Waals surface area (Å²) in [6.07, 6.45) is -0.515. The number of rotatable bonds is 8. The molecule has 31 heavy (non-hydrogen) atoms. The van der Waals surface area contributed by atoms with E-state index in [1.807, 2.05) is 0 Å². The van der Waals surface area contributed by atoms with E-state index in [-0.39, 0.29) is 17.0 Å². The van der Waals surface area contributed by atoms with E-state index < -0.39 is 21.8 Å². The van der Waals surface area contributed by atoms with Crippen molar-refractivity contribution in [1.29, 1.82) is 0 Å². The molecule has 1 aliphatic heterocycles. The molecule has 176 valence electrons. The lowest BCUT2D eigenvalue weighted by Gasteiger charge is -2.34. The third kappa shape index (κ3) is 6.64. The molecule has 0 N–H and O–H groups in total. The molecular formula is C21H31F3N2O4S. The van der Waals surface area contributed by atoms with E-state index in [0.717, 1.165) is 76.4 Å². The van der Waals surface area contributed by atoms with Crippen molar-refractivity contribution in [3.63, 3.8) is 0 Å². The van der Waals surface area contributed by atoms with Crippen LogP contribution in [0.15, 0.2) is 29.2 Å². The molecule has 2 aliphatic rings. The maximum absolute atomic E-state index is 12.8. The van der Waals surface area contributed by atoms with Crippen molar-refractivity contribution in [2.24, 2.45) is 0 Å². The second-order valence-corrected chi connectivity index (χ2v) is 10.1. The molecular weight excluding hydrogens is 433 g/mol. The molecule has 1 heterocycles. The molecule has 0 spiro atoms. The van der Waals surface area contributed by atoms with Gasteiger partial charge in [0, 0.05) is 39.3 Å². The lowest BCUT2D eigenvalue weighted by atomic mass is 9.93. The Morgan fingerprint density at radius 3 is 2.29 bits per heavy atom. The largest absolute Gasteiger partial charge is 0.416 e. The van der Waals surface area contributed by atoms with Crippen molar-refractivity contribution in [2.45, 2.75) is 55.3 Å². The Labute approximate surface area is 182 Å². The number of morpholine rings is 1. The molecule has 2 fully saturated rings. The minimum atomic E-state index is -4.49. The first-order chi connectivity index (χ1) is 14.7. The standard InChI is InChI=1S/C21H31F3N2O4S/c1-25(31(27,28)20-9-3-17(4-10-20)21(22,23)24)18-5-7-19(8-6-18)30-14-2-11-26-12-15-29-16-13-26/h3-4,9-10,18-19H,2,5-8,11-16H2,1H3/t18-,19-. The zero-order chi connectivity index (χ0) is 22.5. The molecule has 0 bridgehead atoms. The van der Waals surface area contributed by atoms with E-state index >= 15 is 0 Å². The molecule has 1 aliphatic carbocycles. The number of hydrogen-bond acceptors (Lipinski definition) is 5. The van der Waals surface area contributed by atoms with Crippen LogP contribution in [0.3, 0.4) is 0 Å². The van der Waals surface area contributed by atoms with Gasteiger partial charge in [0.25, 0.3) is 0 Å². The fraction of sp³-hybridized carbons (Fsp3) is 0.714. The first-order valence-electron chi connectivity index (χ1n) is 10.7. The van der Waals surface area contributed by atoms with Gasteiger partial charge in [-0.3, -0.25) is 4.90 Å². The molecule has 6 nitrogen and oxygen atoms in total. The summed E-state index contributed by atoms with van der Waals surface area (Å²) in [7, 11) is -2.34. The van der Waals surface area contributed by atoms with E-state index in [0.29, 0.717) is 19.4 Å². The van der Waals surface area contributed by atoms with Crippen LogP contribution in [0.2, 0.25) is 0 Å². The highest BCUT2D eigenvalue weighted by Gasteiger charge is 2.34. The van der Waals surface area contributed by atoms with Crippen molar-refractivity contribution < 1.29 is 31.1 Å². The van der Waals surface area contributed by atoms with E-state index in [2.05, 4.69) is 4.90 Å². The van der Waals surface area contributed by atoms with Gasteiger partial charge in [0.05, 0.1) is 29.8 Å². The van der Waals surface area contributed by atoms with Crippen molar-refractivity contribution in [2.75, 3.05) is 46.5 Å². The summed E-state index contributed by atoms with van der Waals surface area (Å²) in [5.41, 5.74) is -0.861. The average molecular weight is 465 g/mol. The van der Waals surface area contributed by atoms with Gasteiger partial charge in [0.1, 0.15) is 0 Å². The lowest BCUT2D eigenvalue weighted by Crippen LogP contribution is -2.41. The summed E-state index contributed by atoms with van der Waals surface area (Å²) in [6, 6.07) is 3.49. The van der Waals surface area contributed by atoms with E-state index in [9.17, 15) is 21.6 Å². The average Bonchev–Trinajstić information content (AvgIpc) is 2.77. The van der Waals surface area contributed by atoms with Crippen LogP contribution >= 0.6 is 0 Å². The summed E-state index contributed by atoms with van der Waals surface area (Å²) in [5.74, 6) is 0. The SMILES string of the molecule is CN([C@H]1CC[C@H](OCCCN2CCOCC2)CC1)S(=O)(=O)c1ccc(C(F)(F)F)cc1. The van der Waals surface area contributed by atoms with Crippen LogP contribution in [0, 0.1) is 0 Å². The van der Waals surface area contributed by atoms with Crippen LogP contribution < -0.4 is 0 Å². The molecule has 1 saturated carbocycles. The topological polar surface area (TPSA) is 59.1 Å². The molecule has 1 aromatic carbocycles. The van der Waals surface area contributed by atoms with Gasteiger partial charge in [-0.1, -0.05) is 0 Å². The normalized spacial score (nSPS) is 23.9. The molecule has 0 radical (unpaired) electrons. The molecule has 10 heteroatoms. The van der Waals surface area contributed by atoms with Crippen LogP contribution in [0.25, 0.3) is 0 Å². The van der Waals surface area contributed by atoms with Gasteiger partial charge < -0.3 is 9.47 Å². The fourth-order valence-corrected chi connectivity index (χ4v) is 5.53. The Kier molecular flexibility index (Phi) is 8.37. The zero-order valence-corrected chi connectivity index (χ0v) is 18.6. The Balaban J connectivity index is 1.44. The molecule has 0 amide bonds. The highest BCUT2D eigenvalue weighted by atomic mass is 32.2. The van der Waals surface area contributed by atoms with E-state index in [1.165, 1.54) is 11.4 Å². The summed E-state index contributed by atoms with van der Waals surface area (Å²) in [5, 5.41) is 0. The van der Waals surface area contributed by atoms with Crippen molar-refractivity contribution in [3.05, 3.63) is 29.8 Å². The zero-order valence-electron chi connectivity index (χ0n) is 17.8. The first kappa shape index (κ1) is 24.4. The van der Waals surface area contributed by atoms with Gasteiger partial charge in [0.15, 0.2) is 0 Å².